The maximum atomic E-state index is 11.5. The quantitative estimate of drug-likeness (QED) is 0.647. The summed E-state index contributed by atoms with van der Waals surface area (Å²) in [6, 6.07) is 0.350. The normalized spacial score (nSPS) is 19.5. The van der Waals surface area contributed by atoms with Gasteiger partial charge in [0.2, 0.25) is 5.91 Å². The molecule has 2 N–H and O–H groups in total. The smallest absolute Gasteiger partial charge is 0.248 e. The molecule has 1 saturated heterocycles. The molecular formula is C10H22N4O. The second kappa shape index (κ2) is 6.05. The van der Waals surface area contributed by atoms with E-state index >= 15 is 0 Å². The van der Waals surface area contributed by atoms with Crippen molar-refractivity contribution in [3.63, 3.8) is 0 Å². The van der Waals surface area contributed by atoms with Crippen LogP contribution in [-0.4, -0.2) is 61.6 Å². The minimum Gasteiger partial charge on any atom is -0.306 e. The molecule has 1 fully saturated rings. The van der Waals surface area contributed by atoms with Crippen molar-refractivity contribution in [2.45, 2.75) is 19.9 Å². The third kappa shape index (κ3) is 5.11. The molecule has 0 aliphatic carbocycles. The SMILES string of the molecule is CC(C)NCC(=O)NN1CCN(C)CC1. The van der Waals surface area contributed by atoms with Crippen molar-refractivity contribution >= 4 is 5.91 Å². The molecule has 0 aromatic rings. The molecule has 0 aromatic heterocycles. The molecule has 5 heteroatoms. The molecule has 1 rings (SSSR count). The van der Waals surface area contributed by atoms with E-state index in [9.17, 15) is 4.79 Å². The Labute approximate surface area is 91.8 Å². The van der Waals surface area contributed by atoms with Crippen LogP contribution in [0, 0.1) is 0 Å². The van der Waals surface area contributed by atoms with E-state index in [0.29, 0.717) is 12.6 Å². The number of hydrogen-bond acceptors (Lipinski definition) is 4. The summed E-state index contributed by atoms with van der Waals surface area (Å²) in [5, 5.41) is 5.08. The molecule has 0 spiro atoms. The lowest BCUT2D eigenvalue weighted by molar-refractivity contribution is -0.125. The standard InChI is InChI=1S/C10H22N4O/c1-9(2)11-8-10(15)12-14-6-4-13(3)5-7-14/h9,11H,4-8H2,1-3H3,(H,12,15). The molecule has 0 bridgehead atoms. The van der Waals surface area contributed by atoms with Crippen LogP contribution in [0.15, 0.2) is 0 Å². The minimum absolute atomic E-state index is 0.0493. The van der Waals surface area contributed by atoms with E-state index in [0.717, 1.165) is 26.2 Å². The van der Waals surface area contributed by atoms with Gasteiger partial charge in [0, 0.05) is 32.2 Å². The first-order valence-electron chi connectivity index (χ1n) is 5.54. The summed E-state index contributed by atoms with van der Waals surface area (Å²) in [4.78, 5) is 13.7. The summed E-state index contributed by atoms with van der Waals surface area (Å²) in [6.07, 6.45) is 0. The third-order valence-electron chi connectivity index (χ3n) is 2.46. The molecular weight excluding hydrogens is 192 g/mol. The van der Waals surface area contributed by atoms with Crippen LogP contribution in [0.5, 0.6) is 0 Å². The summed E-state index contributed by atoms with van der Waals surface area (Å²) in [6.45, 7) is 8.29. The highest BCUT2D eigenvalue weighted by Crippen LogP contribution is 1.94. The molecule has 0 radical (unpaired) electrons. The van der Waals surface area contributed by atoms with Gasteiger partial charge in [0.1, 0.15) is 0 Å². The van der Waals surface area contributed by atoms with Crippen LogP contribution in [0.25, 0.3) is 0 Å². The Hall–Kier alpha value is -0.650. The van der Waals surface area contributed by atoms with Gasteiger partial charge in [0.25, 0.3) is 0 Å². The lowest BCUT2D eigenvalue weighted by Gasteiger charge is -2.32. The van der Waals surface area contributed by atoms with Crippen molar-refractivity contribution in [3.8, 4) is 0 Å². The maximum absolute atomic E-state index is 11.5. The first kappa shape index (κ1) is 12.4. The molecule has 0 aromatic carbocycles. The summed E-state index contributed by atoms with van der Waals surface area (Å²) in [5.41, 5.74) is 2.90. The van der Waals surface area contributed by atoms with Gasteiger partial charge in [-0.25, -0.2) is 5.01 Å². The number of hydrogen-bond donors (Lipinski definition) is 2. The van der Waals surface area contributed by atoms with Crippen molar-refractivity contribution in [3.05, 3.63) is 0 Å². The predicted molar refractivity (Wildman–Crippen MR) is 60.4 cm³/mol. The summed E-state index contributed by atoms with van der Waals surface area (Å²) in [5.74, 6) is 0.0493. The number of likely N-dealkylation sites (N-methyl/N-ethyl adjacent to an activating group) is 1. The fourth-order valence-electron chi connectivity index (χ4n) is 1.43. The number of nitrogens with zero attached hydrogens (tertiary/aromatic N) is 2. The van der Waals surface area contributed by atoms with Crippen molar-refractivity contribution in [1.29, 1.82) is 0 Å². The number of carbonyl (C=O) groups excluding carboxylic acids is 1. The van der Waals surface area contributed by atoms with Crippen molar-refractivity contribution in [1.82, 2.24) is 20.7 Å². The first-order valence-corrected chi connectivity index (χ1v) is 5.54. The van der Waals surface area contributed by atoms with E-state index < -0.39 is 0 Å². The third-order valence-corrected chi connectivity index (χ3v) is 2.46. The zero-order valence-electron chi connectivity index (χ0n) is 9.92. The van der Waals surface area contributed by atoms with Gasteiger partial charge in [-0.2, -0.15) is 0 Å². The van der Waals surface area contributed by atoms with Gasteiger partial charge in [-0.15, -0.1) is 0 Å². The fourth-order valence-corrected chi connectivity index (χ4v) is 1.43. The van der Waals surface area contributed by atoms with Crippen LogP contribution in [0.4, 0.5) is 0 Å². The van der Waals surface area contributed by atoms with Crippen LogP contribution in [0.1, 0.15) is 13.8 Å². The molecule has 88 valence electrons. The average Bonchev–Trinajstić information content (AvgIpc) is 2.19. The molecule has 0 atom stereocenters. The maximum Gasteiger partial charge on any atom is 0.248 e. The Balaban J connectivity index is 2.15. The van der Waals surface area contributed by atoms with Crippen molar-refractivity contribution in [2.24, 2.45) is 0 Å². The monoisotopic (exact) mass is 214 g/mol. The van der Waals surface area contributed by atoms with E-state index in [1.807, 2.05) is 18.9 Å². The molecule has 15 heavy (non-hydrogen) atoms. The van der Waals surface area contributed by atoms with Crippen LogP contribution < -0.4 is 10.7 Å². The highest BCUT2D eigenvalue weighted by Gasteiger charge is 2.15. The van der Waals surface area contributed by atoms with Crippen molar-refractivity contribution < 1.29 is 4.79 Å². The van der Waals surface area contributed by atoms with Crippen LogP contribution in [-0.2, 0) is 4.79 Å². The molecule has 1 aliphatic rings. The summed E-state index contributed by atoms with van der Waals surface area (Å²) in [7, 11) is 2.10. The van der Waals surface area contributed by atoms with Gasteiger partial charge in [0.15, 0.2) is 0 Å². The highest BCUT2D eigenvalue weighted by atomic mass is 16.2. The molecule has 1 heterocycles. The summed E-state index contributed by atoms with van der Waals surface area (Å²) >= 11 is 0. The number of carbonyl (C=O) groups is 1. The van der Waals surface area contributed by atoms with Crippen molar-refractivity contribution in [2.75, 3.05) is 39.8 Å². The van der Waals surface area contributed by atoms with Gasteiger partial charge in [-0.3, -0.25) is 10.2 Å². The summed E-state index contributed by atoms with van der Waals surface area (Å²) < 4.78 is 0. The zero-order chi connectivity index (χ0) is 11.3. The zero-order valence-corrected chi connectivity index (χ0v) is 9.92. The lowest BCUT2D eigenvalue weighted by Crippen LogP contribution is -2.54. The number of rotatable bonds is 4. The van der Waals surface area contributed by atoms with E-state index in [1.54, 1.807) is 0 Å². The minimum atomic E-state index is 0.0493. The lowest BCUT2D eigenvalue weighted by atomic mass is 10.4. The van der Waals surface area contributed by atoms with Gasteiger partial charge in [0.05, 0.1) is 6.54 Å². The van der Waals surface area contributed by atoms with Gasteiger partial charge in [-0.1, -0.05) is 13.8 Å². The van der Waals surface area contributed by atoms with Crippen LogP contribution in [0.2, 0.25) is 0 Å². The Morgan fingerprint density at radius 2 is 1.87 bits per heavy atom. The van der Waals surface area contributed by atoms with E-state index in [4.69, 9.17) is 0 Å². The molecule has 0 saturated carbocycles. The number of nitrogens with one attached hydrogen (secondary N) is 2. The molecule has 1 aliphatic heterocycles. The second-order valence-electron chi connectivity index (χ2n) is 4.36. The topological polar surface area (TPSA) is 47.6 Å². The molecule has 1 amide bonds. The van der Waals surface area contributed by atoms with E-state index in [2.05, 4.69) is 22.7 Å². The predicted octanol–water partition coefficient (Wildman–Crippen LogP) is -0.737. The Bertz CT molecular complexity index is 200. The van der Waals surface area contributed by atoms with Gasteiger partial charge < -0.3 is 10.2 Å². The molecule has 5 nitrogen and oxygen atoms in total. The number of amides is 1. The largest absolute Gasteiger partial charge is 0.306 e. The van der Waals surface area contributed by atoms with E-state index in [1.165, 1.54) is 0 Å². The first-order chi connectivity index (χ1) is 7.08. The number of hydrazine groups is 1. The van der Waals surface area contributed by atoms with Gasteiger partial charge >= 0.3 is 0 Å². The second-order valence-corrected chi connectivity index (χ2v) is 4.36. The Kier molecular flexibility index (Phi) is 5.01. The highest BCUT2D eigenvalue weighted by molar-refractivity contribution is 5.77. The van der Waals surface area contributed by atoms with Crippen LogP contribution in [0.3, 0.4) is 0 Å². The Morgan fingerprint density at radius 3 is 2.40 bits per heavy atom. The van der Waals surface area contributed by atoms with Crippen LogP contribution >= 0.6 is 0 Å². The molecule has 0 unspecified atom stereocenters. The fraction of sp³-hybridized carbons (Fsp3) is 0.900. The van der Waals surface area contributed by atoms with E-state index in [-0.39, 0.29) is 5.91 Å². The Morgan fingerprint density at radius 1 is 1.27 bits per heavy atom. The van der Waals surface area contributed by atoms with Gasteiger partial charge in [-0.05, 0) is 7.05 Å². The average molecular weight is 214 g/mol. The number of piperazine rings is 1.